The number of rotatable bonds is 1. The van der Waals surface area contributed by atoms with Crippen molar-refractivity contribution in [1.29, 1.82) is 0 Å². The molecule has 0 spiro atoms. The summed E-state index contributed by atoms with van der Waals surface area (Å²) in [5.41, 5.74) is 0.359. The van der Waals surface area contributed by atoms with E-state index in [9.17, 15) is 4.79 Å². The molecule has 1 N–H and O–H groups in total. The van der Waals surface area contributed by atoms with Crippen molar-refractivity contribution in [3.8, 4) is 0 Å². The number of carbonyl (C=O) groups is 1. The number of carboxylic acid groups (broad SMARTS) is 1. The van der Waals surface area contributed by atoms with Gasteiger partial charge in [0, 0.05) is 0 Å². The standard InChI is InChI=1S/C11H8O2.HI/c12-11(13)10-7-3-5-8-4-1-2-6-9(8)10;/h1-7H,(H,12,13);1H. The average Bonchev–Trinajstić information content (AvgIpc) is 2.17. The monoisotopic (exact) mass is 300 g/mol. The van der Waals surface area contributed by atoms with E-state index in [2.05, 4.69) is 0 Å². The number of hydrogen-bond acceptors (Lipinski definition) is 1. The zero-order valence-electron chi connectivity index (χ0n) is 7.31. The maximum Gasteiger partial charge on any atom is 0.336 e. The van der Waals surface area contributed by atoms with Gasteiger partial charge in [0.05, 0.1) is 5.56 Å². The molecule has 14 heavy (non-hydrogen) atoms. The van der Waals surface area contributed by atoms with Gasteiger partial charge in [0.1, 0.15) is 0 Å². The summed E-state index contributed by atoms with van der Waals surface area (Å²) in [6.45, 7) is 0. The second kappa shape index (κ2) is 4.41. The largest absolute Gasteiger partial charge is 0.478 e. The van der Waals surface area contributed by atoms with Crippen LogP contribution in [0, 0.1) is 0 Å². The highest BCUT2D eigenvalue weighted by atomic mass is 127. The van der Waals surface area contributed by atoms with E-state index in [4.69, 9.17) is 5.11 Å². The molecule has 0 aliphatic rings. The Hall–Kier alpha value is -1.10. The van der Waals surface area contributed by atoms with E-state index >= 15 is 0 Å². The molecule has 0 saturated carbocycles. The summed E-state index contributed by atoms with van der Waals surface area (Å²) in [7, 11) is 0. The normalized spacial score (nSPS) is 9.43. The van der Waals surface area contributed by atoms with Gasteiger partial charge in [-0.3, -0.25) is 0 Å². The lowest BCUT2D eigenvalue weighted by molar-refractivity contribution is 0.0699. The van der Waals surface area contributed by atoms with Crippen LogP contribution in [0.5, 0.6) is 0 Å². The van der Waals surface area contributed by atoms with Crippen LogP contribution in [-0.4, -0.2) is 11.1 Å². The summed E-state index contributed by atoms with van der Waals surface area (Å²) < 4.78 is 0. The van der Waals surface area contributed by atoms with Gasteiger partial charge in [0.15, 0.2) is 0 Å². The van der Waals surface area contributed by atoms with Crippen molar-refractivity contribution in [1.82, 2.24) is 0 Å². The highest BCUT2D eigenvalue weighted by molar-refractivity contribution is 14.0. The van der Waals surface area contributed by atoms with E-state index in [1.54, 1.807) is 12.1 Å². The van der Waals surface area contributed by atoms with Crippen molar-refractivity contribution in [2.24, 2.45) is 0 Å². The number of fused-ring (bicyclic) bond motifs is 1. The molecule has 0 saturated heterocycles. The van der Waals surface area contributed by atoms with Gasteiger partial charge >= 0.3 is 5.97 Å². The summed E-state index contributed by atoms with van der Waals surface area (Å²) in [6.07, 6.45) is 0. The van der Waals surface area contributed by atoms with Gasteiger partial charge in [-0.2, -0.15) is 0 Å². The van der Waals surface area contributed by atoms with E-state index in [1.165, 1.54) is 0 Å². The van der Waals surface area contributed by atoms with Crippen LogP contribution in [0.1, 0.15) is 10.4 Å². The molecular formula is C11H9IO2. The van der Waals surface area contributed by atoms with Gasteiger partial charge in [-0.1, -0.05) is 36.4 Å². The molecule has 0 heterocycles. The van der Waals surface area contributed by atoms with Gasteiger partial charge in [-0.15, -0.1) is 24.0 Å². The minimum absolute atomic E-state index is 0. The molecule has 0 amide bonds. The zero-order chi connectivity index (χ0) is 9.26. The second-order valence-electron chi connectivity index (χ2n) is 2.83. The minimum Gasteiger partial charge on any atom is -0.478 e. The van der Waals surface area contributed by atoms with Crippen molar-refractivity contribution >= 4 is 40.7 Å². The number of carboxylic acids is 1. The molecular weight excluding hydrogens is 291 g/mol. The third-order valence-electron chi connectivity index (χ3n) is 2.02. The number of halogens is 1. The summed E-state index contributed by atoms with van der Waals surface area (Å²) in [4.78, 5) is 10.8. The quantitative estimate of drug-likeness (QED) is 0.821. The average molecular weight is 300 g/mol. The Morgan fingerprint density at radius 3 is 2.36 bits per heavy atom. The molecule has 0 aliphatic heterocycles. The van der Waals surface area contributed by atoms with Crippen molar-refractivity contribution in [3.05, 3.63) is 48.0 Å². The topological polar surface area (TPSA) is 37.3 Å². The molecule has 3 heteroatoms. The molecule has 2 aromatic rings. The van der Waals surface area contributed by atoms with Crippen molar-refractivity contribution in [2.45, 2.75) is 0 Å². The van der Waals surface area contributed by atoms with Crippen LogP contribution in [0.2, 0.25) is 0 Å². The van der Waals surface area contributed by atoms with E-state index in [0.29, 0.717) is 5.56 Å². The van der Waals surface area contributed by atoms with Crippen molar-refractivity contribution in [2.75, 3.05) is 0 Å². The van der Waals surface area contributed by atoms with E-state index in [-0.39, 0.29) is 24.0 Å². The Morgan fingerprint density at radius 1 is 1.00 bits per heavy atom. The van der Waals surface area contributed by atoms with Gasteiger partial charge in [-0.25, -0.2) is 4.79 Å². The SMILES string of the molecule is I.O=C(O)c1cccc2ccccc12. The molecule has 0 aliphatic carbocycles. The smallest absolute Gasteiger partial charge is 0.336 e. The van der Waals surface area contributed by atoms with Crippen molar-refractivity contribution < 1.29 is 9.90 Å². The van der Waals surface area contributed by atoms with Crippen LogP contribution in [0.15, 0.2) is 42.5 Å². The van der Waals surface area contributed by atoms with Crippen LogP contribution in [0.25, 0.3) is 10.8 Å². The Labute approximate surface area is 98.6 Å². The number of aromatic carboxylic acids is 1. The molecule has 0 radical (unpaired) electrons. The summed E-state index contributed by atoms with van der Waals surface area (Å²) in [5, 5.41) is 10.6. The first-order valence-corrected chi connectivity index (χ1v) is 4.00. The van der Waals surface area contributed by atoms with E-state index < -0.39 is 5.97 Å². The second-order valence-corrected chi connectivity index (χ2v) is 2.83. The van der Waals surface area contributed by atoms with E-state index in [0.717, 1.165) is 10.8 Å². The van der Waals surface area contributed by atoms with Gasteiger partial charge in [0.25, 0.3) is 0 Å². The molecule has 2 nitrogen and oxygen atoms in total. The third kappa shape index (κ3) is 1.87. The Balaban J connectivity index is 0.000000980. The molecule has 0 aromatic heterocycles. The Morgan fingerprint density at radius 2 is 1.64 bits per heavy atom. The molecule has 2 aromatic carbocycles. The predicted octanol–water partition coefficient (Wildman–Crippen LogP) is 3.16. The minimum atomic E-state index is -0.878. The first kappa shape index (κ1) is 11.0. The fourth-order valence-electron chi connectivity index (χ4n) is 1.41. The lowest BCUT2D eigenvalue weighted by Crippen LogP contribution is -1.96. The zero-order valence-corrected chi connectivity index (χ0v) is 9.64. The fraction of sp³-hybridized carbons (Fsp3) is 0. The summed E-state index contributed by atoms with van der Waals surface area (Å²) in [6, 6.07) is 12.7. The Kier molecular flexibility index (Phi) is 3.46. The van der Waals surface area contributed by atoms with Crippen LogP contribution in [-0.2, 0) is 0 Å². The number of hydrogen-bond donors (Lipinski definition) is 1. The lowest BCUT2D eigenvalue weighted by atomic mass is 10.1. The lowest BCUT2D eigenvalue weighted by Gasteiger charge is -2.00. The maximum atomic E-state index is 10.8. The first-order valence-electron chi connectivity index (χ1n) is 4.00. The molecule has 0 atom stereocenters. The van der Waals surface area contributed by atoms with Crippen LogP contribution in [0.4, 0.5) is 0 Å². The Bertz CT molecular complexity index is 460. The van der Waals surface area contributed by atoms with Crippen molar-refractivity contribution in [3.63, 3.8) is 0 Å². The molecule has 0 bridgehead atoms. The molecule has 72 valence electrons. The number of benzene rings is 2. The molecule has 0 fully saturated rings. The highest BCUT2D eigenvalue weighted by Gasteiger charge is 2.05. The van der Waals surface area contributed by atoms with Crippen LogP contribution in [0.3, 0.4) is 0 Å². The predicted molar refractivity (Wildman–Crippen MR) is 66.3 cm³/mol. The maximum absolute atomic E-state index is 10.8. The molecule has 0 unspecified atom stereocenters. The van der Waals surface area contributed by atoms with Gasteiger partial charge in [-0.05, 0) is 16.8 Å². The van der Waals surface area contributed by atoms with Crippen LogP contribution < -0.4 is 0 Å². The van der Waals surface area contributed by atoms with E-state index in [1.807, 2.05) is 30.3 Å². The van der Waals surface area contributed by atoms with Crippen LogP contribution >= 0.6 is 24.0 Å². The summed E-state index contributed by atoms with van der Waals surface area (Å²) >= 11 is 0. The summed E-state index contributed by atoms with van der Waals surface area (Å²) in [5.74, 6) is -0.878. The van der Waals surface area contributed by atoms with Gasteiger partial charge in [0.2, 0.25) is 0 Å². The third-order valence-corrected chi connectivity index (χ3v) is 2.02. The first-order chi connectivity index (χ1) is 6.29. The fourth-order valence-corrected chi connectivity index (χ4v) is 1.41. The van der Waals surface area contributed by atoms with Gasteiger partial charge < -0.3 is 5.11 Å². The highest BCUT2D eigenvalue weighted by Crippen LogP contribution is 2.17. The molecule has 2 rings (SSSR count).